The van der Waals surface area contributed by atoms with Crippen molar-refractivity contribution in [3.05, 3.63) is 24.4 Å². The van der Waals surface area contributed by atoms with Gasteiger partial charge in [0.15, 0.2) is 5.96 Å². The number of nitrogens with two attached hydrogens (primary N) is 1. The van der Waals surface area contributed by atoms with E-state index in [1.807, 2.05) is 18.2 Å². The van der Waals surface area contributed by atoms with E-state index in [0.717, 1.165) is 12.2 Å². The third kappa shape index (κ3) is 4.55. The van der Waals surface area contributed by atoms with Crippen LogP contribution in [0.25, 0.3) is 0 Å². The Bertz CT molecular complexity index is 488. The molecule has 0 radical (unpaired) electrons. The Morgan fingerprint density at radius 1 is 1.32 bits per heavy atom. The molecule has 2 heterocycles. The second-order valence-electron chi connectivity index (χ2n) is 6.09. The summed E-state index contributed by atoms with van der Waals surface area (Å²) >= 11 is 0. The number of anilines is 1. The Morgan fingerprint density at radius 2 is 2.14 bits per heavy atom. The molecule has 1 aliphatic carbocycles. The highest BCUT2D eigenvalue weighted by Gasteiger charge is 2.40. The van der Waals surface area contributed by atoms with Crippen LogP contribution in [0.5, 0.6) is 0 Å². The number of ether oxygens (including phenoxy) is 1. The molecule has 0 bridgehead atoms. The summed E-state index contributed by atoms with van der Waals surface area (Å²) in [6, 6.07) is 5.65. The highest BCUT2D eigenvalue weighted by atomic mass is 127. The summed E-state index contributed by atoms with van der Waals surface area (Å²) in [5.74, 6) is 1.12. The average molecular weight is 416 g/mol. The summed E-state index contributed by atoms with van der Waals surface area (Å²) in [4.78, 5) is 8.56. The van der Waals surface area contributed by atoms with Gasteiger partial charge in [-0.1, -0.05) is 25.3 Å². The molecule has 22 heavy (non-hydrogen) atoms. The zero-order chi connectivity index (χ0) is 14.5. The molecule has 5 nitrogen and oxygen atoms in total. The van der Waals surface area contributed by atoms with Crippen molar-refractivity contribution in [3.63, 3.8) is 0 Å². The third-order valence-electron chi connectivity index (χ3n) is 4.49. The van der Waals surface area contributed by atoms with Gasteiger partial charge in [0, 0.05) is 6.20 Å². The molecule has 1 aromatic rings. The molecule has 122 valence electrons. The molecule has 1 unspecified atom stereocenters. The summed E-state index contributed by atoms with van der Waals surface area (Å²) in [5, 5.41) is 3.00. The average Bonchev–Trinajstić information content (AvgIpc) is 2.90. The zero-order valence-electron chi connectivity index (χ0n) is 12.8. The van der Waals surface area contributed by atoms with E-state index in [2.05, 4.69) is 15.3 Å². The highest BCUT2D eigenvalue weighted by Crippen LogP contribution is 2.41. The van der Waals surface area contributed by atoms with Crippen LogP contribution in [-0.2, 0) is 4.74 Å². The molecule has 1 saturated heterocycles. The maximum absolute atomic E-state index is 6.28. The quantitative estimate of drug-likeness (QED) is 0.451. The SMILES string of the molecule is I.NC(=NCC1CCC2(CCCCC2)O1)Nc1ccccn1. The van der Waals surface area contributed by atoms with Crippen LogP contribution in [0.2, 0.25) is 0 Å². The van der Waals surface area contributed by atoms with Gasteiger partial charge in [-0.25, -0.2) is 4.98 Å². The molecule has 1 aliphatic heterocycles. The van der Waals surface area contributed by atoms with Crippen molar-refractivity contribution in [1.82, 2.24) is 4.98 Å². The Balaban J connectivity index is 0.00000176. The first-order valence-electron chi connectivity index (χ1n) is 7.92. The third-order valence-corrected chi connectivity index (χ3v) is 4.49. The van der Waals surface area contributed by atoms with Crippen LogP contribution >= 0.6 is 24.0 Å². The minimum atomic E-state index is 0. The van der Waals surface area contributed by atoms with Gasteiger partial charge in [0.1, 0.15) is 5.82 Å². The number of hydrogen-bond donors (Lipinski definition) is 2. The summed E-state index contributed by atoms with van der Waals surface area (Å²) in [6.45, 7) is 0.632. The standard InChI is InChI=1S/C16H24N4O.HI/c17-15(20-14-6-2-5-11-18-14)19-12-13-7-10-16(21-13)8-3-1-4-9-16;/h2,5-6,11,13H,1,3-4,7-10,12H2,(H3,17,18,19,20);1H. The van der Waals surface area contributed by atoms with Crippen LogP contribution in [-0.4, -0.2) is 29.2 Å². The second-order valence-corrected chi connectivity index (χ2v) is 6.09. The van der Waals surface area contributed by atoms with Crippen molar-refractivity contribution in [2.45, 2.75) is 56.7 Å². The van der Waals surface area contributed by atoms with Crippen molar-refractivity contribution >= 4 is 35.8 Å². The number of halogens is 1. The van der Waals surface area contributed by atoms with E-state index in [4.69, 9.17) is 10.5 Å². The summed E-state index contributed by atoms with van der Waals surface area (Å²) < 4.78 is 6.28. The first-order chi connectivity index (χ1) is 10.3. The van der Waals surface area contributed by atoms with Gasteiger partial charge in [-0.3, -0.25) is 4.99 Å². The Kier molecular flexibility index (Phi) is 6.43. The van der Waals surface area contributed by atoms with Crippen molar-refractivity contribution in [3.8, 4) is 0 Å². The van der Waals surface area contributed by atoms with E-state index in [9.17, 15) is 0 Å². The smallest absolute Gasteiger partial charge is 0.194 e. The van der Waals surface area contributed by atoms with E-state index < -0.39 is 0 Å². The van der Waals surface area contributed by atoms with Gasteiger partial charge in [0.25, 0.3) is 0 Å². The lowest BCUT2D eigenvalue weighted by Crippen LogP contribution is -2.32. The van der Waals surface area contributed by atoms with Crippen LogP contribution in [0.15, 0.2) is 29.4 Å². The molecule has 0 aromatic carbocycles. The molecular formula is C16H25IN4O. The predicted octanol–water partition coefficient (Wildman–Crippen LogP) is 3.31. The molecule has 2 aliphatic rings. The van der Waals surface area contributed by atoms with Gasteiger partial charge in [0.05, 0.1) is 18.2 Å². The lowest BCUT2D eigenvalue weighted by molar-refractivity contribution is -0.0598. The van der Waals surface area contributed by atoms with E-state index in [-0.39, 0.29) is 35.7 Å². The van der Waals surface area contributed by atoms with E-state index in [1.165, 1.54) is 38.5 Å². The first kappa shape index (κ1) is 17.5. The summed E-state index contributed by atoms with van der Waals surface area (Å²) in [7, 11) is 0. The molecule has 6 heteroatoms. The minimum Gasteiger partial charge on any atom is -0.370 e. The molecule has 1 atom stereocenters. The summed E-state index contributed by atoms with van der Waals surface area (Å²) in [6.07, 6.45) is 10.6. The number of aromatic nitrogens is 1. The molecule has 3 N–H and O–H groups in total. The van der Waals surface area contributed by atoms with E-state index in [0.29, 0.717) is 12.5 Å². The maximum Gasteiger partial charge on any atom is 0.194 e. The number of guanidine groups is 1. The van der Waals surface area contributed by atoms with Gasteiger partial charge in [-0.2, -0.15) is 0 Å². The van der Waals surface area contributed by atoms with Gasteiger partial charge >= 0.3 is 0 Å². The van der Waals surface area contributed by atoms with Gasteiger partial charge < -0.3 is 15.8 Å². The van der Waals surface area contributed by atoms with Gasteiger partial charge in [0.2, 0.25) is 0 Å². The van der Waals surface area contributed by atoms with Gasteiger partial charge in [-0.15, -0.1) is 24.0 Å². The first-order valence-corrected chi connectivity index (χ1v) is 7.92. The van der Waals surface area contributed by atoms with Crippen molar-refractivity contribution in [1.29, 1.82) is 0 Å². The van der Waals surface area contributed by atoms with E-state index >= 15 is 0 Å². The van der Waals surface area contributed by atoms with E-state index in [1.54, 1.807) is 6.20 Å². The summed E-state index contributed by atoms with van der Waals surface area (Å²) in [5.41, 5.74) is 6.05. The molecule has 1 aromatic heterocycles. The monoisotopic (exact) mass is 416 g/mol. The van der Waals surface area contributed by atoms with Crippen LogP contribution < -0.4 is 11.1 Å². The molecular weight excluding hydrogens is 391 g/mol. The largest absolute Gasteiger partial charge is 0.370 e. The predicted molar refractivity (Wildman–Crippen MR) is 99.7 cm³/mol. The molecule has 2 fully saturated rings. The van der Waals surface area contributed by atoms with Crippen molar-refractivity contribution in [2.75, 3.05) is 11.9 Å². The fourth-order valence-corrected chi connectivity index (χ4v) is 3.40. The highest BCUT2D eigenvalue weighted by molar-refractivity contribution is 14.0. The van der Waals surface area contributed by atoms with Crippen molar-refractivity contribution < 1.29 is 4.74 Å². The molecule has 1 spiro atoms. The van der Waals surface area contributed by atoms with Crippen LogP contribution in [0.1, 0.15) is 44.9 Å². The Morgan fingerprint density at radius 3 is 2.86 bits per heavy atom. The van der Waals surface area contributed by atoms with Crippen LogP contribution in [0.3, 0.4) is 0 Å². The van der Waals surface area contributed by atoms with Crippen LogP contribution in [0, 0.1) is 0 Å². The lowest BCUT2D eigenvalue weighted by atomic mass is 9.83. The Hall–Kier alpha value is -0.890. The number of aliphatic imine (C=N–C) groups is 1. The number of nitrogens with zero attached hydrogens (tertiary/aromatic N) is 2. The van der Waals surface area contributed by atoms with Crippen LogP contribution in [0.4, 0.5) is 5.82 Å². The number of hydrogen-bond acceptors (Lipinski definition) is 3. The topological polar surface area (TPSA) is 72.5 Å². The Labute approximate surface area is 149 Å². The lowest BCUT2D eigenvalue weighted by Gasteiger charge is -2.33. The number of pyridine rings is 1. The zero-order valence-corrected chi connectivity index (χ0v) is 15.2. The number of nitrogens with one attached hydrogen (secondary N) is 1. The fourth-order valence-electron chi connectivity index (χ4n) is 3.40. The van der Waals surface area contributed by atoms with Crippen molar-refractivity contribution in [2.24, 2.45) is 10.7 Å². The minimum absolute atomic E-state index is 0. The van der Waals surface area contributed by atoms with Gasteiger partial charge in [-0.05, 0) is 37.8 Å². The fraction of sp³-hybridized carbons (Fsp3) is 0.625. The normalized spacial score (nSPS) is 24.0. The molecule has 0 amide bonds. The molecule has 3 rings (SSSR count). The maximum atomic E-state index is 6.28. The number of rotatable bonds is 3. The second kappa shape index (κ2) is 8.10. The molecule has 1 saturated carbocycles.